The third-order valence-electron chi connectivity index (χ3n) is 6.44. The second-order valence-electron chi connectivity index (χ2n) is 10.1. The maximum absolute atomic E-state index is 12.8. The van der Waals surface area contributed by atoms with Crippen molar-refractivity contribution in [2.45, 2.75) is 48.8 Å². The predicted molar refractivity (Wildman–Crippen MR) is 173 cm³/mol. The van der Waals surface area contributed by atoms with E-state index in [9.17, 15) is 25.3 Å². The summed E-state index contributed by atoms with van der Waals surface area (Å²) in [6, 6.07) is 19.6. The number of sulfonamides is 2. The van der Waals surface area contributed by atoms with Crippen molar-refractivity contribution in [3.05, 3.63) is 89.5 Å². The second-order valence-corrected chi connectivity index (χ2v) is 15.6. The maximum Gasteiger partial charge on any atom is 0.297 e. The molecule has 0 aliphatic rings. The summed E-state index contributed by atoms with van der Waals surface area (Å²) in [5.74, 6) is 0. The van der Waals surface area contributed by atoms with Gasteiger partial charge in [-0.1, -0.05) is 60.0 Å². The van der Waals surface area contributed by atoms with Crippen LogP contribution < -0.4 is 11.5 Å². The molecule has 0 fully saturated rings. The highest BCUT2D eigenvalue weighted by Crippen LogP contribution is 2.18. The SMILES string of the molecule is CCCN(CCOS(=O)(=O)c1ccc(C)cc1)S(=O)(=O)c1ccc(C)cc1.Cc1ccc(S(=O)(=O)N(CCN)CCN)cc1. The van der Waals surface area contributed by atoms with Crippen molar-refractivity contribution in [1.82, 2.24) is 8.61 Å². The number of hydrogen-bond donors (Lipinski definition) is 2. The fourth-order valence-corrected chi connectivity index (χ4v) is 7.87. The highest BCUT2D eigenvalue weighted by atomic mass is 32.2. The molecule has 0 aromatic heterocycles. The minimum Gasteiger partial charge on any atom is -0.329 e. The van der Waals surface area contributed by atoms with Crippen LogP contribution in [0.3, 0.4) is 0 Å². The zero-order chi connectivity index (χ0) is 33.0. The summed E-state index contributed by atoms with van der Waals surface area (Å²) in [5, 5.41) is 0. The molecule has 14 heteroatoms. The highest BCUT2D eigenvalue weighted by Gasteiger charge is 2.25. The molecule has 0 heterocycles. The van der Waals surface area contributed by atoms with Crippen molar-refractivity contribution in [3.8, 4) is 0 Å². The molecule has 3 aromatic rings. The minimum absolute atomic E-state index is 0.0465. The molecule has 0 aliphatic heterocycles. The van der Waals surface area contributed by atoms with Gasteiger partial charge in [0.1, 0.15) is 0 Å². The monoisotopic (exact) mass is 668 g/mol. The Kier molecular flexibility index (Phi) is 14.6. The lowest BCUT2D eigenvalue weighted by atomic mass is 10.2. The van der Waals surface area contributed by atoms with Crippen LogP contribution in [0.15, 0.2) is 87.5 Å². The van der Waals surface area contributed by atoms with Crippen molar-refractivity contribution in [1.29, 1.82) is 0 Å². The number of aryl methyl sites for hydroxylation is 3. The van der Waals surface area contributed by atoms with Crippen molar-refractivity contribution < 1.29 is 29.4 Å². The fourth-order valence-electron chi connectivity index (χ4n) is 3.98. The van der Waals surface area contributed by atoms with Crippen LogP contribution in [0.2, 0.25) is 0 Å². The van der Waals surface area contributed by atoms with Gasteiger partial charge in [0, 0.05) is 39.3 Å². The molecule has 0 atom stereocenters. The Hall–Kier alpha value is -2.69. The Labute approximate surface area is 263 Å². The summed E-state index contributed by atoms with van der Waals surface area (Å²) < 4.78 is 82.2. The molecule has 0 aliphatic carbocycles. The fraction of sp³-hybridized carbons (Fsp3) is 0.400. The van der Waals surface area contributed by atoms with E-state index in [2.05, 4.69) is 0 Å². The van der Waals surface area contributed by atoms with E-state index in [1.165, 1.54) is 20.7 Å². The first-order valence-corrected chi connectivity index (χ1v) is 18.5. The lowest BCUT2D eigenvalue weighted by Crippen LogP contribution is -2.38. The van der Waals surface area contributed by atoms with Crippen molar-refractivity contribution in [2.24, 2.45) is 11.5 Å². The molecule has 0 saturated carbocycles. The van der Waals surface area contributed by atoms with Gasteiger partial charge in [0.05, 0.1) is 21.3 Å². The first kappa shape index (κ1) is 37.5. The van der Waals surface area contributed by atoms with Crippen LogP contribution in [0.4, 0.5) is 0 Å². The lowest BCUT2D eigenvalue weighted by molar-refractivity contribution is 0.275. The number of nitrogens with two attached hydrogens (primary N) is 2. The van der Waals surface area contributed by atoms with E-state index in [1.807, 2.05) is 27.7 Å². The van der Waals surface area contributed by atoms with Gasteiger partial charge >= 0.3 is 0 Å². The highest BCUT2D eigenvalue weighted by molar-refractivity contribution is 7.89. The van der Waals surface area contributed by atoms with E-state index in [-0.39, 0.29) is 60.6 Å². The zero-order valence-electron chi connectivity index (χ0n) is 25.7. The van der Waals surface area contributed by atoms with Gasteiger partial charge in [-0.2, -0.15) is 17.0 Å². The van der Waals surface area contributed by atoms with Crippen LogP contribution >= 0.6 is 0 Å². The third kappa shape index (κ3) is 10.7. The van der Waals surface area contributed by atoms with E-state index < -0.39 is 30.2 Å². The summed E-state index contributed by atoms with van der Waals surface area (Å²) in [6.07, 6.45) is 0.607. The lowest BCUT2D eigenvalue weighted by Gasteiger charge is -2.21. The maximum atomic E-state index is 12.8. The quantitative estimate of drug-likeness (QED) is 0.231. The second kappa shape index (κ2) is 17.1. The largest absolute Gasteiger partial charge is 0.329 e. The van der Waals surface area contributed by atoms with E-state index in [1.54, 1.807) is 60.7 Å². The normalized spacial score (nSPS) is 12.3. The molecule has 0 bridgehead atoms. The van der Waals surface area contributed by atoms with Crippen molar-refractivity contribution in [3.63, 3.8) is 0 Å². The number of hydrogen-bond acceptors (Lipinski definition) is 9. The molecule has 244 valence electrons. The number of nitrogens with zero attached hydrogens (tertiary/aromatic N) is 2. The smallest absolute Gasteiger partial charge is 0.297 e. The van der Waals surface area contributed by atoms with E-state index >= 15 is 0 Å². The van der Waals surface area contributed by atoms with Gasteiger partial charge < -0.3 is 11.5 Å². The van der Waals surface area contributed by atoms with Crippen molar-refractivity contribution in [2.75, 3.05) is 45.9 Å². The molecule has 4 N–H and O–H groups in total. The van der Waals surface area contributed by atoms with E-state index in [0.29, 0.717) is 6.42 Å². The Balaban J connectivity index is 0.000000342. The standard InChI is InChI=1S/C19H25NO5S2.C11H19N3O2S/c1-4-13-20(26(21,22)18-9-5-16(2)6-10-18)14-15-25-27(23,24)19-11-7-17(3)8-12-19;1-10-2-4-11(5-3-10)17(15,16)14(8-6-12)9-7-13/h5-12H,4,13-15H2,1-3H3;2-5H,6-9,12-13H2,1H3. The van der Waals surface area contributed by atoms with Gasteiger partial charge in [-0.3, -0.25) is 4.18 Å². The third-order valence-corrected chi connectivity index (χ3v) is 11.6. The van der Waals surface area contributed by atoms with Crippen LogP contribution in [0, 0.1) is 20.8 Å². The molecule has 0 saturated heterocycles. The first-order chi connectivity index (χ1) is 20.7. The van der Waals surface area contributed by atoms with Gasteiger partial charge in [0.15, 0.2) is 0 Å². The Morgan fingerprint density at radius 1 is 0.545 bits per heavy atom. The molecule has 0 amide bonds. The molecule has 11 nitrogen and oxygen atoms in total. The summed E-state index contributed by atoms with van der Waals surface area (Å²) >= 11 is 0. The van der Waals surface area contributed by atoms with Crippen LogP contribution in [-0.4, -0.2) is 79.7 Å². The van der Waals surface area contributed by atoms with Gasteiger partial charge in [-0.15, -0.1) is 0 Å². The Morgan fingerprint density at radius 3 is 1.23 bits per heavy atom. The minimum atomic E-state index is -3.92. The van der Waals surface area contributed by atoms with Gasteiger partial charge in [0.2, 0.25) is 20.0 Å². The summed E-state index contributed by atoms with van der Waals surface area (Å²) in [5.41, 5.74) is 13.7. The van der Waals surface area contributed by atoms with Crippen LogP contribution in [0.25, 0.3) is 0 Å². The van der Waals surface area contributed by atoms with E-state index in [0.717, 1.165) is 16.7 Å². The number of rotatable bonds is 15. The Bertz CT molecular complexity index is 1620. The average molecular weight is 669 g/mol. The molecule has 3 aromatic carbocycles. The van der Waals surface area contributed by atoms with Gasteiger partial charge in [-0.25, -0.2) is 16.8 Å². The molecule has 0 radical (unpaired) electrons. The van der Waals surface area contributed by atoms with E-state index in [4.69, 9.17) is 15.7 Å². The molecule has 44 heavy (non-hydrogen) atoms. The van der Waals surface area contributed by atoms with Crippen LogP contribution in [0.1, 0.15) is 30.0 Å². The van der Waals surface area contributed by atoms with Gasteiger partial charge in [-0.05, 0) is 63.6 Å². The molecular weight excluding hydrogens is 625 g/mol. The zero-order valence-corrected chi connectivity index (χ0v) is 28.2. The van der Waals surface area contributed by atoms with Crippen LogP contribution in [0.5, 0.6) is 0 Å². The van der Waals surface area contributed by atoms with Crippen molar-refractivity contribution >= 4 is 30.2 Å². The van der Waals surface area contributed by atoms with Crippen LogP contribution in [-0.2, 0) is 34.3 Å². The summed E-state index contributed by atoms with van der Waals surface area (Å²) in [4.78, 5) is 0.518. The first-order valence-electron chi connectivity index (χ1n) is 14.2. The molecule has 3 rings (SSSR count). The topological polar surface area (TPSA) is 170 Å². The molecule has 0 unspecified atom stereocenters. The predicted octanol–water partition coefficient (Wildman–Crippen LogP) is 3.01. The number of benzene rings is 3. The molecule has 0 spiro atoms. The average Bonchev–Trinajstić information content (AvgIpc) is 2.97. The van der Waals surface area contributed by atoms with Gasteiger partial charge in [0.25, 0.3) is 10.1 Å². The molecular formula is C30H44N4O7S3. The summed E-state index contributed by atoms with van der Waals surface area (Å²) in [7, 11) is -11.1. The summed E-state index contributed by atoms with van der Waals surface area (Å²) in [6.45, 7) is 8.63. The Morgan fingerprint density at radius 2 is 0.886 bits per heavy atom.